The topological polar surface area (TPSA) is 35.2 Å². The van der Waals surface area contributed by atoms with Crippen molar-refractivity contribution >= 4 is 0 Å². The zero-order valence-corrected chi connectivity index (χ0v) is 11.2. The smallest absolute Gasteiger partial charge is 0.124 e. The minimum absolute atomic E-state index is 0.0124. The van der Waals surface area contributed by atoms with E-state index >= 15 is 0 Å². The van der Waals surface area contributed by atoms with Gasteiger partial charge in [-0.1, -0.05) is 31.5 Å². The minimum Gasteiger partial charge on any atom is -0.487 e. The maximum atomic E-state index is 6.38. The SMILES string of the molecule is CC1CCCC2(CC1)CC(N)c1ccccc1O2. The molecule has 2 aliphatic rings. The van der Waals surface area contributed by atoms with Crippen LogP contribution in [0.5, 0.6) is 5.75 Å². The molecule has 1 heterocycles. The van der Waals surface area contributed by atoms with Crippen LogP contribution >= 0.6 is 0 Å². The van der Waals surface area contributed by atoms with Gasteiger partial charge in [-0.05, 0) is 37.7 Å². The van der Waals surface area contributed by atoms with Crippen LogP contribution in [0.15, 0.2) is 24.3 Å². The van der Waals surface area contributed by atoms with Crippen molar-refractivity contribution in [3.63, 3.8) is 0 Å². The Morgan fingerprint density at radius 1 is 1.22 bits per heavy atom. The summed E-state index contributed by atoms with van der Waals surface area (Å²) in [6.45, 7) is 2.36. The van der Waals surface area contributed by atoms with E-state index in [1.165, 1.54) is 31.2 Å². The van der Waals surface area contributed by atoms with Crippen molar-refractivity contribution in [3.05, 3.63) is 29.8 Å². The van der Waals surface area contributed by atoms with Crippen LogP contribution in [0.3, 0.4) is 0 Å². The monoisotopic (exact) mass is 245 g/mol. The van der Waals surface area contributed by atoms with Gasteiger partial charge in [0.25, 0.3) is 0 Å². The lowest BCUT2D eigenvalue weighted by Crippen LogP contribution is -2.42. The lowest BCUT2D eigenvalue weighted by Gasteiger charge is -2.41. The summed E-state index contributed by atoms with van der Waals surface area (Å²) in [4.78, 5) is 0. The quantitative estimate of drug-likeness (QED) is 0.754. The van der Waals surface area contributed by atoms with Crippen molar-refractivity contribution in [1.29, 1.82) is 0 Å². The maximum Gasteiger partial charge on any atom is 0.124 e. The Hall–Kier alpha value is -1.02. The molecule has 0 saturated heterocycles. The van der Waals surface area contributed by atoms with Gasteiger partial charge in [-0.3, -0.25) is 0 Å². The molecule has 1 saturated carbocycles. The van der Waals surface area contributed by atoms with E-state index in [-0.39, 0.29) is 11.6 Å². The van der Waals surface area contributed by atoms with Crippen LogP contribution in [-0.2, 0) is 0 Å². The molecule has 0 radical (unpaired) electrons. The fraction of sp³-hybridized carbons (Fsp3) is 0.625. The van der Waals surface area contributed by atoms with Crippen molar-refractivity contribution in [2.24, 2.45) is 11.7 Å². The summed E-state index contributed by atoms with van der Waals surface area (Å²) in [7, 11) is 0. The highest BCUT2D eigenvalue weighted by Crippen LogP contribution is 2.45. The third-order valence-electron chi connectivity index (χ3n) is 4.66. The number of para-hydroxylation sites is 1. The first-order chi connectivity index (χ1) is 8.69. The Balaban J connectivity index is 1.88. The Bertz CT molecular complexity index is 431. The van der Waals surface area contributed by atoms with Crippen molar-refractivity contribution in [1.82, 2.24) is 0 Å². The van der Waals surface area contributed by atoms with E-state index in [0.717, 1.165) is 24.5 Å². The van der Waals surface area contributed by atoms with Gasteiger partial charge in [-0.25, -0.2) is 0 Å². The second-order valence-corrected chi connectivity index (χ2v) is 6.17. The number of nitrogens with two attached hydrogens (primary N) is 1. The molecule has 1 aliphatic carbocycles. The Kier molecular flexibility index (Phi) is 3.06. The summed E-state index contributed by atoms with van der Waals surface area (Å²) in [6.07, 6.45) is 7.19. The van der Waals surface area contributed by atoms with Crippen molar-refractivity contribution in [2.75, 3.05) is 0 Å². The third-order valence-corrected chi connectivity index (χ3v) is 4.66. The van der Waals surface area contributed by atoms with Crippen LogP contribution < -0.4 is 10.5 Å². The second-order valence-electron chi connectivity index (χ2n) is 6.17. The van der Waals surface area contributed by atoms with E-state index < -0.39 is 0 Å². The molecule has 2 N–H and O–H groups in total. The van der Waals surface area contributed by atoms with Crippen molar-refractivity contribution < 1.29 is 4.74 Å². The molecule has 3 rings (SSSR count). The molecule has 0 amide bonds. The van der Waals surface area contributed by atoms with Gasteiger partial charge >= 0.3 is 0 Å². The van der Waals surface area contributed by atoms with Gasteiger partial charge in [0.2, 0.25) is 0 Å². The highest BCUT2D eigenvalue weighted by Gasteiger charge is 2.40. The first-order valence-electron chi connectivity index (χ1n) is 7.22. The van der Waals surface area contributed by atoms with Crippen LogP contribution in [0.1, 0.15) is 57.1 Å². The van der Waals surface area contributed by atoms with Gasteiger partial charge in [-0.2, -0.15) is 0 Å². The van der Waals surface area contributed by atoms with Crippen molar-refractivity contribution in [2.45, 2.75) is 57.1 Å². The van der Waals surface area contributed by atoms with Gasteiger partial charge < -0.3 is 10.5 Å². The number of hydrogen-bond donors (Lipinski definition) is 1. The van der Waals surface area contributed by atoms with Crippen LogP contribution in [0.2, 0.25) is 0 Å². The highest BCUT2D eigenvalue weighted by molar-refractivity contribution is 5.38. The largest absolute Gasteiger partial charge is 0.487 e. The summed E-state index contributed by atoms with van der Waals surface area (Å²) in [5, 5.41) is 0. The third kappa shape index (κ3) is 2.14. The first-order valence-corrected chi connectivity index (χ1v) is 7.22. The van der Waals surface area contributed by atoms with Crippen LogP contribution in [0, 0.1) is 5.92 Å². The molecule has 18 heavy (non-hydrogen) atoms. The molecule has 1 aromatic carbocycles. The Labute approximate surface area is 110 Å². The average molecular weight is 245 g/mol. The predicted octanol–water partition coefficient (Wildman–Crippen LogP) is 3.81. The first kappa shape index (κ1) is 12.0. The van der Waals surface area contributed by atoms with Gasteiger partial charge in [0.1, 0.15) is 11.4 Å². The zero-order valence-electron chi connectivity index (χ0n) is 11.2. The molecule has 2 nitrogen and oxygen atoms in total. The molecule has 0 aromatic heterocycles. The number of benzene rings is 1. The molecule has 1 aliphatic heterocycles. The second kappa shape index (κ2) is 4.58. The Morgan fingerprint density at radius 3 is 2.94 bits per heavy atom. The van der Waals surface area contributed by atoms with E-state index in [1.54, 1.807) is 0 Å². The van der Waals surface area contributed by atoms with E-state index in [0.29, 0.717) is 0 Å². The van der Waals surface area contributed by atoms with E-state index in [9.17, 15) is 0 Å². The number of fused-ring (bicyclic) bond motifs is 1. The standard InChI is InChI=1S/C16H23NO/c1-12-5-4-9-16(10-8-12)11-14(17)13-6-2-3-7-15(13)18-16/h2-3,6-7,12,14H,4-5,8-11,17H2,1H3. The lowest BCUT2D eigenvalue weighted by atomic mass is 9.82. The molecule has 0 bridgehead atoms. The van der Waals surface area contributed by atoms with Crippen molar-refractivity contribution in [3.8, 4) is 5.75 Å². The molecule has 1 spiro atoms. The molecule has 98 valence electrons. The van der Waals surface area contributed by atoms with Gasteiger partial charge in [0, 0.05) is 18.0 Å². The Morgan fingerprint density at radius 2 is 2.06 bits per heavy atom. The molecule has 1 fully saturated rings. The fourth-order valence-corrected chi connectivity index (χ4v) is 3.52. The number of hydrogen-bond acceptors (Lipinski definition) is 2. The normalized spacial score (nSPS) is 35.7. The molecule has 2 heteroatoms. The summed E-state index contributed by atoms with van der Waals surface area (Å²) in [6, 6.07) is 8.42. The molecular weight excluding hydrogens is 222 g/mol. The van der Waals surface area contributed by atoms with Gasteiger partial charge in [0.05, 0.1) is 0 Å². The minimum atomic E-state index is 0.0124. The molecular formula is C16H23NO. The van der Waals surface area contributed by atoms with Gasteiger partial charge in [-0.15, -0.1) is 0 Å². The molecule has 3 unspecified atom stereocenters. The fourth-order valence-electron chi connectivity index (χ4n) is 3.52. The number of rotatable bonds is 0. The zero-order chi connectivity index (χ0) is 12.6. The predicted molar refractivity (Wildman–Crippen MR) is 73.6 cm³/mol. The van der Waals surface area contributed by atoms with E-state index in [2.05, 4.69) is 25.1 Å². The lowest BCUT2D eigenvalue weighted by molar-refractivity contribution is 0.0205. The maximum absolute atomic E-state index is 6.38. The molecule has 3 atom stereocenters. The molecule has 1 aromatic rings. The summed E-state index contributed by atoms with van der Waals surface area (Å²) in [5.74, 6) is 1.85. The summed E-state index contributed by atoms with van der Waals surface area (Å²) in [5.41, 5.74) is 7.55. The van der Waals surface area contributed by atoms with Crippen LogP contribution in [0.4, 0.5) is 0 Å². The van der Waals surface area contributed by atoms with E-state index in [4.69, 9.17) is 10.5 Å². The van der Waals surface area contributed by atoms with E-state index in [1.807, 2.05) is 6.07 Å². The van der Waals surface area contributed by atoms with Gasteiger partial charge in [0.15, 0.2) is 0 Å². The summed E-state index contributed by atoms with van der Waals surface area (Å²) >= 11 is 0. The average Bonchev–Trinajstić information content (AvgIpc) is 2.53. The highest BCUT2D eigenvalue weighted by atomic mass is 16.5. The number of ether oxygens (including phenoxy) is 1. The summed E-state index contributed by atoms with van der Waals surface area (Å²) < 4.78 is 6.38. The van der Waals surface area contributed by atoms with Crippen LogP contribution in [-0.4, -0.2) is 5.60 Å². The van der Waals surface area contributed by atoms with Crippen LogP contribution in [0.25, 0.3) is 0 Å².